The van der Waals surface area contributed by atoms with Gasteiger partial charge in [0.2, 0.25) is 0 Å². The van der Waals surface area contributed by atoms with E-state index in [1.54, 1.807) is 11.8 Å². The number of hydrogen-bond donors (Lipinski definition) is 1. The number of nitrogen functional groups attached to an aromatic ring is 1. The molecular formula is C16H15N3S. The van der Waals surface area contributed by atoms with E-state index in [1.807, 2.05) is 31.2 Å². The first kappa shape index (κ1) is 12.9. The van der Waals surface area contributed by atoms with E-state index in [1.165, 1.54) is 4.90 Å². The molecule has 1 heterocycles. The molecule has 0 radical (unpaired) electrons. The average Bonchev–Trinajstić information content (AvgIpc) is 2.49. The van der Waals surface area contributed by atoms with E-state index in [0.717, 1.165) is 33.4 Å². The molecule has 2 aromatic carbocycles. The van der Waals surface area contributed by atoms with Crippen molar-refractivity contribution < 1.29 is 0 Å². The topological polar surface area (TPSA) is 51.8 Å². The van der Waals surface area contributed by atoms with Crippen molar-refractivity contribution in [3.8, 4) is 11.3 Å². The standard InChI is InChI=1S/C16H15N3S/c1-10-15-9-13(20-2)7-8-14(15)16(19-18-10)11-3-5-12(17)6-4-11/h3-9H,17H2,1-2H3. The highest BCUT2D eigenvalue weighted by Gasteiger charge is 2.09. The lowest BCUT2D eigenvalue weighted by Gasteiger charge is -2.08. The van der Waals surface area contributed by atoms with Crippen LogP contribution in [0.25, 0.3) is 22.0 Å². The fourth-order valence-corrected chi connectivity index (χ4v) is 2.68. The van der Waals surface area contributed by atoms with E-state index in [9.17, 15) is 0 Å². The summed E-state index contributed by atoms with van der Waals surface area (Å²) in [6.07, 6.45) is 2.08. The van der Waals surface area contributed by atoms with E-state index >= 15 is 0 Å². The van der Waals surface area contributed by atoms with Gasteiger partial charge in [0.1, 0.15) is 5.69 Å². The number of benzene rings is 2. The van der Waals surface area contributed by atoms with Crippen LogP contribution in [0.15, 0.2) is 47.4 Å². The van der Waals surface area contributed by atoms with Crippen molar-refractivity contribution in [1.82, 2.24) is 10.2 Å². The molecule has 0 aliphatic rings. The second kappa shape index (κ2) is 5.13. The van der Waals surface area contributed by atoms with Crippen LogP contribution in [0.4, 0.5) is 5.69 Å². The molecule has 0 bridgehead atoms. The number of nitrogens with zero attached hydrogens (tertiary/aromatic N) is 2. The molecule has 0 aliphatic carbocycles. The molecule has 0 atom stereocenters. The molecule has 3 nitrogen and oxygen atoms in total. The van der Waals surface area contributed by atoms with E-state index in [2.05, 4.69) is 34.7 Å². The molecule has 0 unspecified atom stereocenters. The highest BCUT2D eigenvalue weighted by Crippen LogP contribution is 2.30. The number of rotatable bonds is 2. The number of hydrogen-bond acceptors (Lipinski definition) is 4. The second-order valence-electron chi connectivity index (χ2n) is 4.67. The molecular weight excluding hydrogens is 266 g/mol. The monoisotopic (exact) mass is 281 g/mol. The molecule has 2 N–H and O–H groups in total. The molecule has 0 fully saturated rings. The molecule has 3 aromatic rings. The van der Waals surface area contributed by atoms with Gasteiger partial charge >= 0.3 is 0 Å². The maximum atomic E-state index is 5.74. The number of nitrogens with two attached hydrogens (primary N) is 1. The summed E-state index contributed by atoms with van der Waals surface area (Å²) in [6, 6.07) is 14.2. The minimum absolute atomic E-state index is 0.753. The van der Waals surface area contributed by atoms with Gasteiger partial charge in [-0.3, -0.25) is 0 Å². The van der Waals surface area contributed by atoms with Gasteiger partial charge in [0, 0.05) is 26.9 Å². The molecule has 0 saturated heterocycles. The van der Waals surface area contributed by atoms with Crippen molar-refractivity contribution in [2.75, 3.05) is 12.0 Å². The summed E-state index contributed by atoms with van der Waals surface area (Å²) >= 11 is 1.73. The molecule has 0 aliphatic heterocycles. The maximum Gasteiger partial charge on any atom is 0.101 e. The number of aromatic nitrogens is 2. The van der Waals surface area contributed by atoms with Gasteiger partial charge in [0.05, 0.1) is 5.69 Å². The first-order chi connectivity index (χ1) is 9.69. The fraction of sp³-hybridized carbons (Fsp3) is 0.125. The Morgan fingerprint density at radius 3 is 2.40 bits per heavy atom. The Hall–Kier alpha value is -2.07. The Bertz CT molecular complexity index is 767. The van der Waals surface area contributed by atoms with Crippen LogP contribution in [-0.2, 0) is 0 Å². The molecule has 20 heavy (non-hydrogen) atoms. The van der Waals surface area contributed by atoms with Crippen LogP contribution < -0.4 is 5.73 Å². The van der Waals surface area contributed by atoms with Gasteiger partial charge in [-0.25, -0.2) is 0 Å². The predicted octanol–water partition coefficient (Wildman–Crippen LogP) is 3.91. The van der Waals surface area contributed by atoms with Crippen LogP contribution in [-0.4, -0.2) is 16.5 Å². The number of anilines is 1. The summed E-state index contributed by atoms with van der Waals surface area (Å²) in [5.74, 6) is 0. The summed E-state index contributed by atoms with van der Waals surface area (Å²) in [5, 5.41) is 10.9. The van der Waals surface area contributed by atoms with E-state index < -0.39 is 0 Å². The second-order valence-corrected chi connectivity index (χ2v) is 5.55. The largest absolute Gasteiger partial charge is 0.399 e. The maximum absolute atomic E-state index is 5.74. The highest BCUT2D eigenvalue weighted by atomic mass is 32.2. The van der Waals surface area contributed by atoms with Gasteiger partial charge in [0.15, 0.2) is 0 Å². The molecule has 3 rings (SSSR count). The molecule has 0 saturated carbocycles. The third-order valence-corrected chi connectivity index (χ3v) is 4.08. The molecule has 4 heteroatoms. The van der Waals surface area contributed by atoms with Gasteiger partial charge in [-0.15, -0.1) is 16.9 Å². The summed E-state index contributed by atoms with van der Waals surface area (Å²) in [7, 11) is 0. The number of fused-ring (bicyclic) bond motifs is 1. The molecule has 0 spiro atoms. The van der Waals surface area contributed by atoms with Gasteiger partial charge in [-0.2, -0.15) is 5.10 Å². The van der Waals surface area contributed by atoms with Gasteiger partial charge in [-0.05, 0) is 37.4 Å². The van der Waals surface area contributed by atoms with Crippen LogP contribution in [0.2, 0.25) is 0 Å². The lowest BCUT2D eigenvalue weighted by Crippen LogP contribution is -1.94. The van der Waals surface area contributed by atoms with Crippen molar-refractivity contribution in [1.29, 1.82) is 0 Å². The summed E-state index contributed by atoms with van der Waals surface area (Å²) in [4.78, 5) is 1.23. The van der Waals surface area contributed by atoms with Gasteiger partial charge < -0.3 is 5.73 Å². The Kier molecular flexibility index (Phi) is 3.32. The minimum atomic E-state index is 0.753. The Morgan fingerprint density at radius 2 is 1.70 bits per heavy atom. The SMILES string of the molecule is CSc1ccc2c(-c3ccc(N)cc3)nnc(C)c2c1. The smallest absolute Gasteiger partial charge is 0.101 e. The van der Waals surface area contributed by atoms with Crippen molar-refractivity contribution in [3.63, 3.8) is 0 Å². The predicted molar refractivity (Wildman–Crippen MR) is 85.9 cm³/mol. The van der Waals surface area contributed by atoms with Crippen molar-refractivity contribution in [2.24, 2.45) is 0 Å². The third kappa shape index (κ3) is 2.23. The van der Waals surface area contributed by atoms with Crippen LogP contribution in [0, 0.1) is 6.92 Å². The van der Waals surface area contributed by atoms with Crippen LogP contribution in [0.3, 0.4) is 0 Å². The van der Waals surface area contributed by atoms with Crippen molar-refractivity contribution in [2.45, 2.75) is 11.8 Å². The summed E-state index contributed by atoms with van der Waals surface area (Å²) in [6.45, 7) is 1.99. The first-order valence-electron chi connectivity index (χ1n) is 6.36. The first-order valence-corrected chi connectivity index (χ1v) is 7.58. The van der Waals surface area contributed by atoms with E-state index in [0.29, 0.717) is 0 Å². The molecule has 100 valence electrons. The lowest BCUT2D eigenvalue weighted by atomic mass is 10.0. The summed E-state index contributed by atoms with van der Waals surface area (Å²) < 4.78 is 0. The van der Waals surface area contributed by atoms with Crippen LogP contribution in [0.1, 0.15) is 5.69 Å². The van der Waals surface area contributed by atoms with Gasteiger partial charge in [0.25, 0.3) is 0 Å². The fourth-order valence-electron chi connectivity index (χ4n) is 2.24. The van der Waals surface area contributed by atoms with Crippen molar-refractivity contribution in [3.05, 3.63) is 48.2 Å². The Balaban J connectivity index is 2.26. The lowest BCUT2D eigenvalue weighted by molar-refractivity contribution is 1.01. The third-order valence-electron chi connectivity index (χ3n) is 3.36. The Labute approximate surface area is 122 Å². The minimum Gasteiger partial charge on any atom is -0.399 e. The quantitative estimate of drug-likeness (QED) is 0.571. The van der Waals surface area contributed by atoms with Gasteiger partial charge in [-0.1, -0.05) is 18.2 Å². The summed E-state index contributed by atoms with van der Waals surface area (Å²) in [5.41, 5.74) is 9.38. The average molecular weight is 281 g/mol. The van der Waals surface area contributed by atoms with E-state index in [4.69, 9.17) is 5.73 Å². The zero-order chi connectivity index (χ0) is 14.1. The van der Waals surface area contributed by atoms with Crippen LogP contribution in [0.5, 0.6) is 0 Å². The van der Waals surface area contributed by atoms with Crippen molar-refractivity contribution >= 4 is 28.2 Å². The highest BCUT2D eigenvalue weighted by molar-refractivity contribution is 7.98. The number of thioether (sulfide) groups is 1. The Morgan fingerprint density at radius 1 is 0.950 bits per heavy atom. The molecule has 1 aromatic heterocycles. The zero-order valence-electron chi connectivity index (χ0n) is 11.4. The number of aryl methyl sites for hydroxylation is 1. The van der Waals surface area contributed by atoms with E-state index in [-0.39, 0.29) is 0 Å². The van der Waals surface area contributed by atoms with Crippen LogP contribution >= 0.6 is 11.8 Å². The molecule has 0 amide bonds. The zero-order valence-corrected chi connectivity index (χ0v) is 12.2. The normalized spacial score (nSPS) is 10.9.